The number of amides is 1. The van der Waals surface area contributed by atoms with Crippen molar-refractivity contribution in [1.29, 1.82) is 0 Å². The van der Waals surface area contributed by atoms with Gasteiger partial charge in [-0.3, -0.25) is 4.79 Å². The second-order valence-electron chi connectivity index (χ2n) is 8.53. The Morgan fingerprint density at radius 2 is 1.84 bits per heavy atom. The van der Waals surface area contributed by atoms with Crippen molar-refractivity contribution in [3.05, 3.63) is 59.9 Å². The van der Waals surface area contributed by atoms with Crippen LogP contribution in [0.15, 0.2) is 48.8 Å². The van der Waals surface area contributed by atoms with Crippen LogP contribution in [0, 0.1) is 0 Å². The Balaban J connectivity index is 1.33. The fourth-order valence-electron chi connectivity index (χ4n) is 4.94. The van der Waals surface area contributed by atoms with Gasteiger partial charge in [0.2, 0.25) is 0 Å². The third-order valence-electron chi connectivity index (χ3n) is 6.68. The van der Waals surface area contributed by atoms with Crippen LogP contribution in [0.25, 0.3) is 5.65 Å². The maximum absolute atomic E-state index is 13.4. The van der Waals surface area contributed by atoms with Crippen molar-refractivity contribution < 1.29 is 18.7 Å². The summed E-state index contributed by atoms with van der Waals surface area (Å²) < 4.78 is 27.9. The third-order valence-corrected chi connectivity index (χ3v) is 6.68. The van der Waals surface area contributed by atoms with Crippen LogP contribution in [0.3, 0.4) is 0 Å². The van der Waals surface area contributed by atoms with Crippen LogP contribution in [-0.2, 0) is 4.79 Å². The molecule has 2 saturated heterocycles. The molecule has 9 heteroatoms. The molecule has 1 amide bonds. The molecule has 0 bridgehead atoms. The third kappa shape index (κ3) is 3.50. The minimum absolute atomic E-state index is 0.0116. The molecule has 2 aromatic heterocycles. The molecule has 1 atom stereocenters. The van der Waals surface area contributed by atoms with Crippen molar-refractivity contribution in [1.82, 2.24) is 19.5 Å². The fraction of sp³-hybridized carbons (Fsp3) is 0.435. The maximum Gasteiger partial charge on any atom is 0.267 e. The largest absolute Gasteiger partial charge is 0.380 e. The number of alkyl halides is 2. The molecule has 0 spiro atoms. The van der Waals surface area contributed by atoms with E-state index >= 15 is 0 Å². The molecule has 5 rings (SSSR count). The van der Waals surface area contributed by atoms with Crippen molar-refractivity contribution in [2.45, 2.75) is 43.8 Å². The molecule has 2 aliphatic heterocycles. The number of benzene rings is 1. The van der Waals surface area contributed by atoms with Gasteiger partial charge in [-0.15, -0.1) is 0 Å². The van der Waals surface area contributed by atoms with Crippen LogP contribution in [-0.4, -0.2) is 55.7 Å². The lowest BCUT2D eigenvalue weighted by molar-refractivity contribution is -0.154. The van der Waals surface area contributed by atoms with Gasteiger partial charge in [0, 0.05) is 32.5 Å². The zero-order valence-electron chi connectivity index (χ0n) is 17.6. The molecule has 4 heterocycles. The monoisotopic (exact) mass is 441 g/mol. The number of aromatic nitrogens is 3. The Labute approximate surface area is 184 Å². The molecule has 2 fully saturated rings. The van der Waals surface area contributed by atoms with E-state index in [1.165, 1.54) is 16.9 Å². The Kier molecular flexibility index (Phi) is 5.28. The quantitative estimate of drug-likeness (QED) is 0.672. The summed E-state index contributed by atoms with van der Waals surface area (Å²) >= 11 is 0. The van der Waals surface area contributed by atoms with E-state index in [4.69, 9.17) is 0 Å². The molecule has 2 aliphatic rings. The number of hydrogen-bond acceptors (Lipinski definition) is 5. The number of fused-ring (bicyclic) bond motifs is 1. The first-order chi connectivity index (χ1) is 15.5. The van der Waals surface area contributed by atoms with Crippen LogP contribution in [0.2, 0.25) is 0 Å². The van der Waals surface area contributed by atoms with Gasteiger partial charge >= 0.3 is 0 Å². The Hall–Kier alpha value is -3.07. The van der Waals surface area contributed by atoms with Crippen molar-refractivity contribution in [3.63, 3.8) is 0 Å². The number of carbonyl (C=O) groups is 1. The normalized spacial score (nSPS) is 20.9. The highest BCUT2D eigenvalue weighted by molar-refractivity contribution is 5.86. The molecule has 0 aliphatic carbocycles. The molecule has 0 radical (unpaired) electrons. The number of aliphatic hydroxyl groups is 1. The van der Waals surface area contributed by atoms with Crippen molar-refractivity contribution in [2.75, 3.05) is 24.5 Å². The van der Waals surface area contributed by atoms with E-state index in [9.17, 15) is 18.7 Å². The van der Waals surface area contributed by atoms with E-state index in [0.717, 1.165) is 18.4 Å². The summed E-state index contributed by atoms with van der Waals surface area (Å²) in [6.07, 6.45) is 0.934. The Morgan fingerprint density at radius 1 is 1.09 bits per heavy atom. The van der Waals surface area contributed by atoms with E-state index in [0.29, 0.717) is 25.5 Å². The lowest BCUT2D eigenvalue weighted by Gasteiger charge is -2.41. The molecule has 32 heavy (non-hydrogen) atoms. The van der Waals surface area contributed by atoms with Crippen molar-refractivity contribution in [3.8, 4) is 0 Å². The number of halogens is 2. The molecular formula is C23H25F2N5O2. The zero-order chi connectivity index (χ0) is 22.3. The van der Waals surface area contributed by atoms with Crippen LogP contribution >= 0.6 is 0 Å². The van der Waals surface area contributed by atoms with E-state index in [1.807, 2.05) is 40.1 Å². The summed E-state index contributed by atoms with van der Waals surface area (Å²) in [5.74, 6) is 0.405. The van der Waals surface area contributed by atoms with Crippen molar-refractivity contribution in [2.24, 2.45) is 0 Å². The van der Waals surface area contributed by atoms with E-state index in [1.54, 1.807) is 6.07 Å². The van der Waals surface area contributed by atoms with Gasteiger partial charge in [0.15, 0.2) is 5.65 Å². The molecule has 3 aromatic rings. The highest BCUT2D eigenvalue weighted by atomic mass is 19.3. The minimum Gasteiger partial charge on any atom is -0.380 e. The van der Waals surface area contributed by atoms with Gasteiger partial charge in [-0.2, -0.15) is 9.61 Å². The molecule has 0 saturated carbocycles. The first-order valence-electron chi connectivity index (χ1n) is 10.9. The molecule has 1 aromatic carbocycles. The van der Waals surface area contributed by atoms with E-state index in [2.05, 4.69) is 10.1 Å². The topological polar surface area (TPSA) is 74.0 Å². The second-order valence-corrected chi connectivity index (χ2v) is 8.53. The number of pyridine rings is 1. The van der Waals surface area contributed by atoms with Crippen LogP contribution in [0.5, 0.6) is 0 Å². The van der Waals surface area contributed by atoms with Crippen LogP contribution in [0.4, 0.5) is 14.6 Å². The molecule has 168 valence electrons. The lowest BCUT2D eigenvalue weighted by atomic mass is 9.89. The summed E-state index contributed by atoms with van der Waals surface area (Å²) in [5.41, 5.74) is -0.390. The van der Waals surface area contributed by atoms with E-state index in [-0.39, 0.29) is 36.0 Å². The number of likely N-dealkylation sites (tertiary alicyclic amines) is 1. The summed E-state index contributed by atoms with van der Waals surface area (Å²) in [4.78, 5) is 21.1. The average Bonchev–Trinajstić information content (AvgIpc) is 3.49. The minimum atomic E-state index is -2.64. The molecule has 7 nitrogen and oxygen atoms in total. The molecule has 1 N–H and O–H groups in total. The first kappa shape index (κ1) is 20.8. The standard InChI is InChI=1S/C23H25F2N5O2/c24-20(25)17-8-9-19(30-21(17)26-15-27-30)28-13-10-23(32,11-14-28)22(31)29-12-4-7-18(29)16-5-2-1-3-6-16/h1-3,5-6,8-9,15,18,20,32H,4,7,10-14H2/t18-/m0/s1. The van der Waals surface area contributed by atoms with E-state index < -0.39 is 12.0 Å². The number of piperidine rings is 1. The Bertz CT molecular complexity index is 1110. The van der Waals surface area contributed by atoms with Crippen LogP contribution in [0.1, 0.15) is 49.3 Å². The average molecular weight is 441 g/mol. The predicted octanol–water partition coefficient (Wildman–Crippen LogP) is 3.36. The number of nitrogens with zero attached hydrogens (tertiary/aromatic N) is 5. The van der Waals surface area contributed by atoms with Gasteiger partial charge in [0.05, 0.1) is 11.6 Å². The maximum atomic E-state index is 13.4. The summed E-state index contributed by atoms with van der Waals surface area (Å²) in [7, 11) is 0. The van der Waals surface area contributed by atoms with Gasteiger partial charge in [0.1, 0.15) is 17.7 Å². The van der Waals surface area contributed by atoms with Gasteiger partial charge < -0.3 is 14.9 Å². The summed E-state index contributed by atoms with van der Waals surface area (Å²) in [6, 6.07) is 12.9. The second kappa shape index (κ2) is 8.12. The highest BCUT2D eigenvalue weighted by Gasteiger charge is 2.45. The molecular weight excluding hydrogens is 416 g/mol. The van der Waals surface area contributed by atoms with Gasteiger partial charge in [0.25, 0.3) is 12.3 Å². The van der Waals surface area contributed by atoms with Gasteiger partial charge in [-0.25, -0.2) is 13.8 Å². The molecule has 0 unspecified atom stereocenters. The van der Waals surface area contributed by atoms with Gasteiger partial charge in [-0.05, 0) is 30.5 Å². The number of rotatable bonds is 4. The fourth-order valence-corrected chi connectivity index (χ4v) is 4.94. The predicted molar refractivity (Wildman–Crippen MR) is 114 cm³/mol. The smallest absolute Gasteiger partial charge is 0.267 e. The highest BCUT2D eigenvalue weighted by Crippen LogP contribution is 2.37. The number of anilines is 1. The first-order valence-corrected chi connectivity index (χ1v) is 10.9. The lowest BCUT2D eigenvalue weighted by Crippen LogP contribution is -2.55. The number of carbonyl (C=O) groups excluding carboxylic acids is 1. The van der Waals surface area contributed by atoms with Gasteiger partial charge in [-0.1, -0.05) is 30.3 Å². The summed E-state index contributed by atoms with van der Waals surface area (Å²) in [6.45, 7) is 1.46. The van der Waals surface area contributed by atoms with Crippen LogP contribution < -0.4 is 4.90 Å². The Morgan fingerprint density at radius 3 is 2.56 bits per heavy atom. The zero-order valence-corrected chi connectivity index (χ0v) is 17.6. The number of hydrogen-bond donors (Lipinski definition) is 1. The summed E-state index contributed by atoms with van der Waals surface area (Å²) in [5, 5.41) is 15.4. The van der Waals surface area contributed by atoms with Crippen molar-refractivity contribution >= 4 is 17.4 Å². The SMILES string of the molecule is O=C(N1CCC[C@H]1c1ccccc1)C1(O)CCN(c2ccc(C(F)F)c3ncnn23)CC1.